The Bertz CT molecular complexity index is 877. The first-order valence-corrected chi connectivity index (χ1v) is 8.01. The molecule has 2 aromatic rings. The van der Waals surface area contributed by atoms with E-state index in [2.05, 4.69) is 5.32 Å². The second-order valence-corrected chi connectivity index (χ2v) is 5.84. The van der Waals surface area contributed by atoms with Gasteiger partial charge in [0.1, 0.15) is 5.82 Å². The third-order valence-corrected chi connectivity index (χ3v) is 3.75. The minimum absolute atomic E-state index is 0.293. The summed E-state index contributed by atoms with van der Waals surface area (Å²) in [6.45, 7) is -0.890. The zero-order chi connectivity index (χ0) is 20.0. The van der Waals surface area contributed by atoms with E-state index in [9.17, 15) is 24.1 Å². The van der Waals surface area contributed by atoms with Crippen molar-refractivity contribution in [1.82, 2.24) is 4.90 Å². The molecule has 10 heteroatoms. The molecule has 0 aliphatic rings. The molecule has 27 heavy (non-hydrogen) atoms. The molecule has 8 nitrogen and oxygen atoms in total. The van der Waals surface area contributed by atoms with E-state index < -0.39 is 34.8 Å². The minimum Gasteiger partial charge on any atom is -0.477 e. The van der Waals surface area contributed by atoms with Gasteiger partial charge in [-0.25, -0.2) is 4.39 Å². The van der Waals surface area contributed by atoms with Crippen LogP contribution in [0, 0.1) is 15.9 Å². The number of likely N-dealkylation sites (N-methyl/N-ethyl adjacent to an activating group) is 1. The molecule has 0 fully saturated rings. The summed E-state index contributed by atoms with van der Waals surface area (Å²) in [6.07, 6.45) is 0. The van der Waals surface area contributed by atoms with Gasteiger partial charge in [0.15, 0.2) is 6.61 Å². The zero-order valence-corrected chi connectivity index (χ0v) is 14.9. The van der Waals surface area contributed by atoms with Gasteiger partial charge < -0.3 is 15.0 Å². The average molecular weight is 396 g/mol. The maximum atomic E-state index is 13.2. The summed E-state index contributed by atoms with van der Waals surface area (Å²) < 4.78 is 18.3. The van der Waals surface area contributed by atoms with Crippen LogP contribution < -0.4 is 10.1 Å². The lowest BCUT2D eigenvalue weighted by atomic mass is 10.3. The van der Waals surface area contributed by atoms with Crippen molar-refractivity contribution >= 4 is 34.8 Å². The van der Waals surface area contributed by atoms with Gasteiger partial charge in [-0.2, -0.15) is 0 Å². The number of nitro benzene ring substituents is 1. The van der Waals surface area contributed by atoms with Crippen LogP contribution in [0.5, 0.6) is 5.75 Å². The number of halogens is 2. The molecule has 2 aromatic carbocycles. The Kier molecular flexibility index (Phi) is 6.67. The van der Waals surface area contributed by atoms with Gasteiger partial charge in [-0.05, 0) is 18.2 Å². The molecule has 0 heterocycles. The molecule has 2 amide bonds. The summed E-state index contributed by atoms with van der Waals surface area (Å²) in [5, 5.41) is 13.8. The van der Waals surface area contributed by atoms with Crippen molar-refractivity contribution in [1.29, 1.82) is 0 Å². The number of benzene rings is 2. The molecule has 0 radical (unpaired) electrons. The number of nitrogens with zero attached hydrogens (tertiary/aromatic N) is 2. The molecule has 142 valence electrons. The maximum absolute atomic E-state index is 13.2. The second-order valence-electron chi connectivity index (χ2n) is 5.44. The van der Waals surface area contributed by atoms with Crippen molar-refractivity contribution < 1.29 is 23.6 Å². The van der Waals surface area contributed by atoms with Crippen LogP contribution in [0.4, 0.5) is 15.8 Å². The van der Waals surface area contributed by atoms with Crippen molar-refractivity contribution in [3.05, 3.63) is 63.4 Å². The monoisotopic (exact) mass is 395 g/mol. The van der Waals surface area contributed by atoms with Gasteiger partial charge >= 0.3 is 5.69 Å². The van der Waals surface area contributed by atoms with E-state index in [0.29, 0.717) is 10.7 Å². The number of carbonyl (C=O) groups is 2. The fraction of sp³-hybridized carbons (Fsp3) is 0.176. The summed E-state index contributed by atoms with van der Waals surface area (Å²) >= 11 is 5.94. The standard InChI is InChI=1S/C17H15ClFN3O5/c1-21(9-16(23)20-13-5-3-2-4-12(13)18)17(24)10-27-15-8-11(19)6-7-14(15)22(25)26/h2-8H,9-10H2,1H3,(H,20,23). The Morgan fingerprint density at radius 1 is 1.30 bits per heavy atom. The van der Waals surface area contributed by atoms with Crippen molar-refractivity contribution in [2.24, 2.45) is 0 Å². The highest BCUT2D eigenvalue weighted by atomic mass is 35.5. The largest absolute Gasteiger partial charge is 0.477 e. The highest BCUT2D eigenvalue weighted by Gasteiger charge is 2.19. The molecular weight excluding hydrogens is 381 g/mol. The first kappa shape index (κ1) is 20.1. The van der Waals surface area contributed by atoms with E-state index >= 15 is 0 Å². The number of rotatable bonds is 7. The molecule has 0 unspecified atom stereocenters. The Labute approximate surface area is 158 Å². The number of hydrogen-bond donors (Lipinski definition) is 1. The van der Waals surface area contributed by atoms with E-state index in [4.69, 9.17) is 16.3 Å². The average Bonchev–Trinajstić information content (AvgIpc) is 2.61. The molecule has 0 spiro atoms. The van der Waals surface area contributed by atoms with Crippen LogP contribution >= 0.6 is 11.6 Å². The Hall–Kier alpha value is -3.20. The van der Waals surface area contributed by atoms with Crippen LogP contribution in [-0.4, -0.2) is 41.8 Å². The molecule has 0 aliphatic heterocycles. The van der Waals surface area contributed by atoms with E-state index in [0.717, 1.165) is 23.1 Å². The quantitative estimate of drug-likeness (QED) is 0.573. The van der Waals surface area contributed by atoms with Gasteiger partial charge in [-0.15, -0.1) is 0 Å². The lowest BCUT2D eigenvalue weighted by Crippen LogP contribution is -2.37. The van der Waals surface area contributed by atoms with Gasteiger partial charge in [0, 0.05) is 19.2 Å². The predicted octanol–water partition coefficient (Wildman–Crippen LogP) is 2.86. The molecule has 0 atom stereocenters. The molecule has 0 bridgehead atoms. The van der Waals surface area contributed by atoms with Crippen LogP contribution in [0.25, 0.3) is 0 Å². The molecule has 1 N–H and O–H groups in total. The normalized spacial score (nSPS) is 10.2. The van der Waals surface area contributed by atoms with E-state index in [-0.39, 0.29) is 12.3 Å². The lowest BCUT2D eigenvalue weighted by Gasteiger charge is -2.17. The predicted molar refractivity (Wildman–Crippen MR) is 96.3 cm³/mol. The number of para-hydroxylation sites is 1. The second kappa shape index (κ2) is 8.95. The number of nitro groups is 1. The third kappa shape index (κ3) is 5.65. The van der Waals surface area contributed by atoms with Crippen LogP contribution in [0.1, 0.15) is 0 Å². The summed E-state index contributed by atoms with van der Waals surface area (Å²) in [4.78, 5) is 35.3. The number of amides is 2. The molecule has 0 aromatic heterocycles. The summed E-state index contributed by atoms with van der Waals surface area (Å²) in [5.74, 6) is -2.23. The number of ether oxygens (including phenoxy) is 1. The van der Waals surface area contributed by atoms with Crippen LogP contribution in [-0.2, 0) is 9.59 Å². The minimum atomic E-state index is -0.750. The van der Waals surface area contributed by atoms with Crippen LogP contribution in [0.2, 0.25) is 5.02 Å². The lowest BCUT2D eigenvalue weighted by molar-refractivity contribution is -0.385. The topological polar surface area (TPSA) is 102 Å². The van der Waals surface area contributed by atoms with Crippen molar-refractivity contribution in [3.63, 3.8) is 0 Å². The van der Waals surface area contributed by atoms with Gasteiger partial charge in [0.05, 0.1) is 22.2 Å². The summed E-state index contributed by atoms with van der Waals surface area (Å²) in [5.41, 5.74) is -0.0695. The Morgan fingerprint density at radius 2 is 2.00 bits per heavy atom. The van der Waals surface area contributed by atoms with Crippen LogP contribution in [0.15, 0.2) is 42.5 Å². The molecule has 0 aliphatic carbocycles. The molecular formula is C17H15ClFN3O5. The summed E-state index contributed by atoms with van der Waals surface area (Å²) in [6, 6.07) is 9.27. The SMILES string of the molecule is CN(CC(=O)Nc1ccccc1Cl)C(=O)COc1cc(F)ccc1[N+](=O)[O-]. The number of anilines is 1. The fourth-order valence-corrected chi connectivity index (χ4v) is 2.24. The first-order chi connectivity index (χ1) is 12.8. The number of nitrogens with one attached hydrogen (secondary N) is 1. The van der Waals surface area contributed by atoms with Gasteiger partial charge in [0.2, 0.25) is 11.7 Å². The molecule has 2 rings (SSSR count). The van der Waals surface area contributed by atoms with Gasteiger partial charge in [-0.1, -0.05) is 23.7 Å². The highest BCUT2D eigenvalue weighted by Crippen LogP contribution is 2.27. The Morgan fingerprint density at radius 3 is 2.67 bits per heavy atom. The van der Waals surface area contributed by atoms with Gasteiger partial charge in [0.25, 0.3) is 5.91 Å². The van der Waals surface area contributed by atoms with Crippen molar-refractivity contribution in [2.75, 3.05) is 25.5 Å². The maximum Gasteiger partial charge on any atom is 0.311 e. The van der Waals surface area contributed by atoms with Crippen molar-refractivity contribution in [2.45, 2.75) is 0 Å². The molecule has 0 saturated carbocycles. The van der Waals surface area contributed by atoms with Crippen LogP contribution in [0.3, 0.4) is 0 Å². The summed E-state index contributed by atoms with van der Waals surface area (Å²) in [7, 11) is 1.36. The van der Waals surface area contributed by atoms with Gasteiger partial charge in [-0.3, -0.25) is 19.7 Å². The number of hydrogen-bond acceptors (Lipinski definition) is 5. The smallest absolute Gasteiger partial charge is 0.311 e. The zero-order valence-electron chi connectivity index (χ0n) is 14.1. The van der Waals surface area contributed by atoms with E-state index in [1.165, 1.54) is 7.05 Å². The fourth-order valence-electron chi connectivity index (χ4n) is 2.06. The third-order valence-electron chi connectivity index (χ3n) is 3.42. The Balaban J connectivity index is 1.92. The number of carbonyl (C=O) groups excluding carboxylic acids is 2. The van der Waals surface area contributed by atoms with E-state index in [1.54, 1.807) is 24.3 Å². The highest BCUT2D eigenvalue weighted by molar-refractivity contribution is 6.33. The van der Waals surface area contributed by atoms with E-state index in [1.807, 2.05) is 0 Å². The molecule has 0 saturated heterocycles. The van der Waals surface area contributed by atoms with Crippen molar-refractivity contribution in [3.8, 4) is 5.75 Å². The first-order valence-electron chi connectivity index (χ1n) is 7.63.